The van der Waals surface area contributed by atoms with Crippen molar-refractivity contribution < 1.29 is 19.1 Å². The highest BCUT2D eigenvalue weighted by molar-refractivity contribution is 5.69. The molecule has 0 aromatic rings. The number of aliphatic imine (C=N–C) groups is 2. The number of carbonyl (C=O) groups is 1. The molecule has 6 nitrogen and oxygen atoms in total. The van der Waals surface area contributed by atoms with E-state index in [4.69, 9.17) is 4.74 Å². The molecule has 0 amide bonds. The average molecular weight is 336 g/mol. The van der Waals surface area contributed by atoms with E-state index in [0.29, 0.717) is 19.6 Å². The highest BCUT2D eigenvalue weighted by Gasteiger charge is 2.41. The van der Waals surface area contributed by atoms with Gasteiger partial charge in [-0.2, -0.15) is 0 Å². The fourth-order valence-electron chi connectivity index (χ4n) is 3.89. The Hall–Kier alpha value is -1.77. The number of cyclic esters (lactones) is 1. The van der Waals surface area contributed by atoms with Gasteiger partial charge >= 0.3 is 5.97 Å². The molecule has 2 atom stereocenters. The first-order valence-electron chi connectivity index (χ1n) is 8.56. The number of nitrogens with zero attached hydrogens (tertiary/aromatic N) is 2. The van der Waals surface area contributed by atoms with E-state index in [9.17, 15) is 14.4 Å². The van der Waals surface area contributed by atoms with E-state index >= 15 is 0 Å². The van der Waals surface area contributed by atoms with E-state index in [1.807, 2.05) is 0 Å². The van der Waals surface area contributed by atoms with Crippen LogP contribution in [0.25, 0.3) is 0 Å². The molecule has 2 fully saturated rings. The third-order valence-corrected chi connectivity index (χ3v) is 4.47. The van der Waals surface area contributed by atoms with E-state index in [2.05, 4.69) is 30.8 Å². The maximum absolute atomic E-state index is 10.5. The Balaban J connectivity index is 0.000000300. The lowest BCUT2D eigenvalue weighted by atomic mass is 9.63. The van der Waals surface area contributed by atoms with Crippen LogP contribution in [0, 0.1) is 10.8 Å². The molecule has 6 heteroatoms. The van der Waals surface area contributed by atoms with Crippen molar-refractivity contribution in [1.29, 1.82) is 0 Å². The first-order chi connectivity index (χ1) is 11.3. The molecule has 1 saturated heterocycles. The summed E-state index contributed by atoms with van der Waals surface area (Å²) in [7, 11) is 0. The Bertz CT molecular complexity index is 509. The molecular formula is C18H28N2O4. The molecule has 0 N–H and O–H groups in total. The molecule has 2 aliphatic rings. The third-order valence-electron chi connectivity index (χ3n) is 4.47. The minimum Gasteiger partial charge on any atom is -0.466 e. The van der Waals surface area contributed by atoms with Crippen LogP contribution in [-0.4, -0.2) is 37.3 Å². The number of hydrogen-bond acceptors (Lipinski definition) is 6. The summed E-state index contributed by atoms with van der Waals surface area (Å²) in [6.07, 6.45) is 9.71. The molecule has 0 radical (unpaired) electrons. The van der Waals surface area contributed by atoms with Crippen molar-refractivity contribution in [1.82, 2.24) is 0 Å². The molecule has 1 aliphatic heterocycles. The summed E-state index contributed by atoms with van der Waals surface area (Å²) in [5, 5.41) is 0. The summed E-state index contributed by atoms with van der Waals surface area (Å²) < 4.78 is 4.76. The SMILES string of the molecule is CC1(C)CC(N=C=O)CC(C)(CN=C=O)C1.O=C1CCCCCO1. The van der Waals surface area contributed by atoms with Gasteiger partial charge in [0.1, 0.15) is 0 Å². The van der Waals surface area contributed by atoms with Crippen LogP contribution in [0.4, 0.5) is 0 Å². The summed E-state index contributed by atoms with van der Waals surface area (Å²) in [6, 6.07) is 0.00750. The van der Waals surface area contributed by atoms with Gasteiger partial charge in [-0.15, -0.1) is 0 Å². The first kappa shape index (κ1) is 20.3. The largest absolute Gasteiger partial charge is 0.466 e. The molecule has 1 aliphatic carbocycles. The van der Waals surface area contributed by atoms with Crippen molar-refractivity contribution in [2.75, 3.05) is 13.2 Å². The van der Waals surface area contributed by atoms with Crippen molar-refractivity contribution in [2.24, 2.45) is 20.8 Å². The number of rotatable bonds is 3. The van der Waals surface area contributed by atoms with E-state index in [1.54, 1.807) is 12.2 Å². The van der Waals surface area contributed by atoms with Crippen LogP contribution in [0.5, 0.6) is 0 Å². The predicted octanol–water partition coefficient (Wildman–Crippen LogP) is 3.35. The second-order valence-electron chi connectivity index (χ2n) is 7.87. The Labute approximate surface area is 143 Å². The van der Waals surface area contributed by atoms with Gasteiger partial charge in [0.05, 0.1) is 19.2 Å². The predicted molar refractivity (Wildman–Crippen MR) is 90.1 cm³/mol. The molecule has 134 valence electrons. The average Bonchev–Trinajstić information content (AvgIpc) is 2.72. The van der Waals surface area contributed by atoms with Crippen LogP contribution < -0.4 is 0 Å². The standard InChI is InChI=1S/C12H18N2O2.C6H10O2/c1-11(2)4-10(14-9-16)5-12(3,6-11)7-13-8-15;7-6-4-2-1-3-5-8-6/h10H,4-7H2,1-3H3;1-5H2. The van der Waals surface area contributed by atoms with Gasteiger partial charge in [-0.05, 0) is 49.4 Å². The van der Waals surface area contributed by atoms with Crippen molar-refractivity contribution in [3.05, 3.63) is 0 Å². The summed E-state index contributed by atoms with van der Waals surface area (Å²) in [6.45, 7) is 7.50. The highest BCUT2D eigenvalue weighted by Crippen LogP contribution is 2.47. The van der Waals surface area contributed by atoms with Crippen molar-refractivity contribution in [3.8, 4) is 0 Å². The van der Waals surface area contributed by atoms with Gasteiger partial charge in [-0.25, -0.2) is 19.6 Å². The summed E-state index contributed by atoms with van der Waals surface area (Å²) in [4.78, 5) is 38.5. The third kappa shape index (κ3) is 7.67. The Morgan fingerprint density at radius 1 is 1.12 bits per heavy atom. The van der Waals surface area contributed by atoms with Gasteiger partial charge in [-0.3, -0.25) is 4.79 Å². The van der Waals surface area contributed by atoms with Crippen molar-refractivity contribution >= 4 is 18.1 Å². The van der Waals surface area contributed by atoms with Crippen LogP contribution >= 0.6 is 0 Å². The van der Waals surface area contributed by atoms with Crippen molar-refractivity contribution in [2.45, 2.75) is 71.8 Å². The maximum atomic E-state index is 10.5. The van der Waals surface area contributed by atoms with Crippen molar-refractivity contribution in [3.63, 3.8) is 0 Å². The second-order valence-corrected chi connectivity index (χ2v) is 7.87. The number of carbonyl (C=O) groups excluding carboxylic acids is 3. The summed E-state index contributed by atoms with van der Waals surface area (Å²) in [5.41, 5.74) is 0.0561. The molecule has 0 aromatic carbocycles. The van der Waals surface area contributed by atoms with Gasteiger partial charge in [0, 0.05) is 6.42 Å². The normalized spacial score (nSPS) is 28.8. The fourth-order valence-corrected chi connectivity index (χ4v) is 3.89. The van der Waals surface area contributed by atoms with Gasteiger partial charge in [0.25, 0.3) is 0 Å². The van der Waals surface area contributed by atoms with Crippen LogP contribution in [0.1, 0.15) is 65.7 Å². The molecule has 24 heavy (non-hydrogen) atoms. The number of esters is 1. The lowest BCUT2D eigenvalue weighted by Crippen LogP contribution is -2.39. The molecule has 2 unspecified atom stereocenters. The van der Waals surface area contributed by atoms with E-state index in [1.165, 1.54) is 0 Å². The minimum atomic E-state index is -0.0653. The Kier molecular flexibility index (Phi) is 8.03. The molecule has 2 rings (SSSR count). The van der Waals surface area contributed by atoms with Crippen LogP contribution in [0.2, 0.25) is 0 Å². The summed E-state index contributed by atoms with van der Waals surface area (Å²) >= 11 is 0. The first-order valence-corrected chi connectivity index (χ1v) is 8.56. The van der Waals surface area contributed by atoms with Crippen LogP contribution in [0.3, 0.4) is 0 Å². The number of ether oxygens (including phenoxy) is 1. The smallest absolute Gasteiger partial charge is 0.305 e. The van der Waals surface area contributed by atoms with E-state index in [0.717, 1.165) is 38.5 Å². The van der Waals surface area contributed by atoms with E-state index in [-0.39, 0.29) is 22.8 Å². The quantitative estimate of drug-likeness (QED) is 0.449. The zero-order chi connectivity index (χ0) is 18.1. The van der Waals surface area contributed by atoms with Gasteiger partial charge in [0.15, 0.2) is 0 Å². The molecule has 0 bridgehead atoms. The second kappa shape index (κ2) is 9.51. The number of isocyanates is 2. The molecule has 1 saturated carbocycles. The van der Waals surface area contributed by atoms with Crippen LogP contribution in [0.15, 0.2) is 9.98 Å². The summed E-state index contributed by atoms with van der Waals surface area (Å²) in [5.74, 6) is -0.0255. The lowest BCUT2D eigenvalue weighted by Gasteiger charge is -2.44. The fraction of sp³-hybridized carbons (Fsp3) is 0.833. The lowest BCUT2D eigenvalue weighted by molar-refractivity contribution is -0.142. The van der Waals surface area contributed by atoms with Gasteiger partial charge in [-0.1, -0.05) is 20.8 Å². The molecule has 1 heterocycles. The highest BCUT2D eigenvalue weighted by atomic mass is 16.5. The topological polar surface area (TPSA) is 85.2 Å². The zero-order valence-corrected chi connectivity index (χ0v) is 15.0. The van der Waals surface area contributed by atoms with Crippen LogP contribution in [-0.2, 0) is 19.1 Å². The molecule has 0 aromatic heterocycles. The van der Waals surface area contributed by atoms with Gasteiger partial charge < -0.3 is 4.74 Å². The monoisotopic (exact) mass is 336 g/mol. The van der Waals surface area contributed by atoms with Gasteiger partial charge in [0.2, 0.25) is 12.2 Å². The van der Waals surface area contributed by atoms with E-state index < -0.39 is 0 Å². The Morgan fingerprint density at radius 3 is 2.54 bits per heavy atom. The maximum Gasteiger partial charge on any atom is 0.305 e. The number of hydrogen-bond donors (Lipinski definition) is 0. The Morgan fingerprint density at radius 2 is 1.88 bits per heavy atom. The molecular weight excluding hydrogens is 308 g/mol. The molecule has 0 spiro atoms. The minimum absolute atomic E-state index is 0.00750. The zero-order valence-electron chi connectivity index (χ0n) is 15.0.